The van der Waals surface area contributed by atoms with E-state index in [0.717, 1.165) is 6.07 Å². The Bertz CT molecular complexity index is 544. The average molecular weight is 286 g/mol. The van der Waals surface area contributed by atoms with E-state index >= 15 is 0 Å². The van der Waals surface area contributed by atoms with Crippen LogP contribution in [0.5, 0.6) is 0 Å². The number of rotatable bonds is 5. The van der Waals surface area contributed by atoms with Crippen molar-refractivity contribution >= 4 is 17.3 Å². The molecule has 20 heavy (non-hydrogen) atoms. The number of carboxylic acids is 1. The van der Waals surface area contributed by atoms with Crippen LogP contribution in [0, 0.1) is 16.0 Å². The molecule has 1 N–H and O–H groups in total. The molecule has 0 atom stereocenters. The summed E-state index contributed by atoms with van der Waals surface area (Å²) in [6, 6.07) is 3.33. The van der Waals surface area contributed by atoms with Crippen molar-refractivity contribution in [2.24, 2.45) is 5.92 Å². The topological polar surface area (TPSA) is 83.7 Å². The van der Waals surface area contributed by atoms with Crippen LogP contribution in [0.15, 0.2) is 18.2 Å². The van der Waals surface area contributed by atoms with Crippen LogP contribution in [-0.2, 0) is 4.79 Å². The highest BCUT2D eigenvalue weighted by molar-refractivity contribution is 5.68. The van der Waals surface area contributed by atoms with Gasteiger partial charge in [0.1, 0.15) is 0 Å². The Morgan fingerprint density at radius 2 is 2.15 bits per heavy atom. The molecule has 0 saturated carbocycles. The van der Waals surface area contributed by atoms with E-state index in [2.05, 4.69) is 0 Å². The lowest BCUT2D eigenvalue weighted by molar-refractivity contribution is -0.385. The minimum Gasteiger partial charge on any atom is -0.481 e. The van der Waals surface area contributed by atoms with Gasteiger partial charge in [-0.25, -0.2) is 8.78 Å². The van der Waals surface area contributed by atoms with E-state index in [1.807, 2.05) is 0 Å². The fraction of sp³-hybridized carbons (Fsp3) is 0.417. The van der Waals surface area contributed by atoms with Crippen LogP contribution in [-0.4, -0.2) is 29.1 Å². The molecule has 0 amide bonds. The molecule has 8 heteroatoms. The molecule has 0 bridgehead atoms. The van der Waals surface area contributed by atoms with E-state index in [1.54, 1.807) is 4.90 Å². The first-order valence-electron chi connectivity index (χ1n) is 5.91. The maximum absolute atomic E-state index is 13.0. The van der Waals surface area contributed by atoms with Crippen molar-refractivity contribution in [2.45, 2.75) is 12.8 Å². The Balaban J connectivity index is 2.17. The molecule has 1 heterocycles. The van der Waals surface area contributed by atoms with Crippen molar-refractivity contribution in [3.8, 4) is 0 Å². The molecule has 0 spiro atoms. The third-order valence-corrected chi connectivity index (χ3v) is 3.22. The summed E-state index contributed by atoms with van der Waals surface area (Å²) >= 11 is 0. The van der Waals surface area contributed by atoms with Crippen molar-refractivity contribution in [1.29, 1.82) is 0 Å². The summed E-state index contributed by atoms with van der Waals surface area (Å²) in [6.07, 6.45) is -2.82. The van der Waals surface area contributed by atoms with Gasteiger partial charge < -0.3 is 10.0 Å². The Labute approximate surface area is 112 Å². The maximum Gasteiger partial charge on any atom is 0.303 e. The van der Waals surface area contributed by atoms with Crippen molar-refractivity contribution in [3.05, 3.63) is 33.9 Å². The van der Waals surface area contributed by atoms with Crippen LogP contribution in [0.4, 0.5) is 20.2 Å². The number of alkyl halides is 2. The summed E-state index contributed by atoms with van der Waals surface area (Å²) in [5.41, 5.74) is -0.549. The van der Waals surface area contributed by atoms with Gasteiger partial charge in [-0.15, -0.1) is 0 Å². The molecule has 1 saturated heterocycles. The summed E-state index contributed by atoms with van der Waals surface area (Å²) in [4.78, 5) is 22.0. The van der Waals surface area contributed by atoms with E-state index in [0.29, 0.717) is 13.1 Å². The molecule has 0 aromatic heterocycles. The van der Waals surface area contributed by atoms with Crippen LogP contribution >= 0.6 is 0 Å². The molecular weight excluding hydrogens is 274 g/mol. The van der Waals surface area contributed by atoms with E-state index < -0.39 is 22.9 Å². The van der Waals surface area contributed by atoms with Gasteiger partial charge in [0.2, 0.25) is 0 Å². The summed E-state index contributed by atoms with van der Waals surface area (Å²) in [7, 11) is 0. The first-order valence-corrected chi connectivity index (χ1v) is 5.91. The normalized spacial score (nSPS) is 15.2. The molecule has 0 aliphatic carbocycles. The zero-order valence-corrected chi connectivity index (χ0v) is 10.3. The van der Waals surface area contributed by atoms with Gasteiger partial charge in [0, 0.05) is 42.4 Å². The molecule has 1 aromatic carbocycles. The highest BCUT2D eigenvalue weighted by atomic mass is 19.3. The SMILES string of the molecule is O=C(O)CC1CN(c2ccc([N+](=O)[O-])cc2C(F)F)C1. The number of nitro benzene ring substituents is 1. The second kappa shape index (κ2) is 5.40. The molecule has 2 rings (SSSR count). The van der Waals surface area contributed by atoms with Gasteiger partial charge in [0.05, 0.1) is 11.3 Å². The number of benzene rings is 1. The van der Waals surface area contributed by atoms with Gasteiger partial charge in [-0.1, -0.05) is 0 Å². The second-order valence-corrected chi connectivity index (χ2v) is 4.67. The average Bonchev–Trinajstić information content (AvgIpc) is 2.32. The minimum absolute atomic E-state index is 0.00646. The van der Waals surface area contributed by atoms with Gasteiger partial charge in [0.15, 0.2) is 0 Å². The quantitative estimate of drug-likeness (QED) is 0.664. The van der Waals surface area contributed by atoms with Crippen LogP contribution in [0.3, 0.4) is 0 Å². The minimum atomic E-state index is -2.82. The number of aliphatic carboxylic acids is 1. The first-order chi connectivity index (χ1) is 9.38. The van der Waals surface area contributed by atoms with Crippen LogP contribution in [0.25, 0.3) is 0 Å². The standard InChI is InChI=1S/C12H12F2N2O4/c13-12(14)9-4-8(16(19)20)1-2-10(9)15-5-7(6-15)3-11(17)18/h1-2,4,7,12H,3,5-6H2,(H,17,18). The molecule has 1 fully saturated rings. The number of non-ortho nitro benzene ring substituents is 1. The lowest BCUT2D eigenvalue weighted by atomic mass is 9.94. The van der Waals surface area contributed by atoms with Gasteiger partial charge in [-0.2, -0.15) is 0 Å². The largest absolute Gasteiger partial charge is 0.481 e. The third kappa shape index (κ3) is 2.84. The number of carbonyl (C=O) groups is 1. The zero-order valence-electron chi connectivity index (χ0n) is 10.3. The number of nitro groups is 1. The predicted molar refractivity (Wildman–Crippen MR) is 66.0 cm³/mol. The van der Waals surface area contributed by atoms with Crippen LogP contribution < -0.4 is 4.90 Å². The molecule has 0 unspecified atom stereocenters. The molecule has 1 aliphatic heterocycles. The zero-order chi connectivity index (χ0) is 14.9. The van der Waals surface area contributed by atoms with E-state index in [1.165, 1.54) is 12.1 Å². The predicted octanol–water partition coefficient (Wildman–Crippen LogP) is 2.44. The van der Waals surface area contributed by atoms with Crippen LogP contribution in [0.2, 0.25) is 0 Å². The van der Waals surface area contributed by atoms with E-state index in [-0.39, 0.29) is 23.7 Å². The summed E-state index contributed by atoms with van der Waals surface area (Å²) in [6.45, 7) is 0.730. The van der Waals surface area contributed by atoms with Crippen molar-refractivity contribution in [3.63, 3.8) is 0 Å². The van der Waals surface area contributed by atoms with Crippen LogP contribution in [0.1, 0.15) is 18.4 Å². The number of halogens is 2. The first kappa shape index (κ1) is 14.2. The van der Waals surface area contributed by atoms with Gasteiger partial charge in [-0.05, 0) is 6.07 Å². The molecule has 0 radical (unpaired) electrons. The van der Waals surface area contributed by atoms with Gasteiger partial charge in [0.25, 0.3) is 12.1 Å². The Kier molecular flexibility index (Phi) is 3.82. The summed E-state index contributed by atoms with van der Waals surface area (Å²) in [5.74, 6) is -0.999. The highest BCUT2D eigenvalue weighted by Crippen LogP contribution is 2.36. The Hall–Kier alpha value is -2.25. The summed E-state index contributed by atoms with van der Waals surface area (Å²) < 4.78 is 25.9. The monoisotopic (exact) mass is 286 g/mol. The fourth-order valence-corrected chi connectivity index (χ4v) is 2.26. The second-order valence-electron chi connectivity index (χ2n) is 4.67. The maximum atomic E-state index is 13.0. The number of hydrogen-bond acceptors (Lipinski definition) is 4. The molecule has 6 nitrogen and oxygen atoms in total. The highest BCUT2D eigenvalue weighted by Gasteiger charge is 2.32. The molecule has 1 aromatic rings. The number of carboxylic acid groups (broad SMARTS) is 1. The lowest BCUT2D eigenvalue weighted by Gasteiger charge is -2.41. The molecule has 1 aliphatic rings. The van der Waals surface area contributed by atoms with Crippen molar-refractivity contribution in [1.82, 2.24) is 0 Å². The number of anilines is 1. The lowest BCUT2D eigenvalue weighted by Crippen LogP contribution is -2.48. The Morgan fingerprint density at radius 1 is 1.50 bits per heavy atom. The van der Waals surface area contributed by atoms with Crippen molar-refractivity contribution in [2.75, 3.05) is 18.0 Å². The number of hydrogen-bond donors (Lipinski definition) is 1. The molecule has 108 valence electrons. The van der Waals surface area contributed by atoms with E-state index in [9.17, 15) is 23.7 Å². The van der Waals surface area contributed by atoms with Crippen molar-refractivity contribution < 1.29 is 23.6 Å². The molecular formula is C12H12F2N2O4. The smallest absolute Gasteiger partial charge is 0.303 e. The third-order valence-electron chi connectivity index (χ3n) is 3.22. The van der Waals surface area contributed by atoms with Gasteiger partial charge >= 0.3 is 5.97 Å². The fourth-order valence-electron chi connectivity index (χ4n) is 2.26. The van der Waals surface area contributed by atoms with Gasteiger partial charge in [-0.3, -0.25) is 14.9 Å². The Morgan fingerprint density at radius 3 is 2.65 bits per heavy atom. The van der Waals surface area contributed by atoms with E-state index in [4.69, 9.17) is 5.11 Å². The summed E-state index contributed by atoms with van der Waals surface area (Å²) in [5, 5.41) is 19.2. The number of nitrogens with zero attached hydrogens (tertiary/aromatic N) is 2.